The molecule has 3 nitrogen and oxygen atoms in total. The summed E-state index contributed by atoms with van der Waals surface area (Å²) < 4.78 is 18.4. The van der Waals surface area contributed by atoms with Gasteiger partial charge in [0.05, 0.1) is 7.11 Å². The molecule has 0 saturated carbocycles. The second-order valence-corrected chi connectivity index (χ2v) is 4.26. The first-order chi connectivity index (χ1) is 9.11. The number of hydrogen-bond donors (Lipinski definition) is 0. The second-order valence-electron chi connectivity index (χ2n) is 4.26. The number of nitrogens with zero attached hydrogens (tertiary/aromatic N) is 1. The molecular weight excluding hydrogens is 245 g/mol. The largest absolute Gasteiger partial charge is 0.494 e. The van der Waals surface area contributed by atoms with Crippen LogP contribution >= 0.6 is 0 Å². The van der Waals surface area contributed by atoms with Crippen molar-refractivity contribution in [2.24, 2.45) is 0 Å². The zero-order valence-corrected chi connectivity index (χ0v) is 10.8. The van der Waals surface area contributed by atoms with Gasteiger partial charge in [-0.3, -0.25) is 9.78 Å². The number of methoxy groups -OCH3 is 1. The van der Waals surface area contributed by atoms with Crippen molar-refractivity contribution in [2.75, 3.05) is 7.11 Å². The number of benzene rings is 1. The fourth-order valence-corrected chi connectivity index (χ4v) is 1.86. The highest BCUT2D eigenvalue weighted by molar-refractivity contribution is 5.98. The minimum absolute atomic E-state index is 0.0739. The number of hydrogen-bond acceptors (Lipinski definition) is 3. The Morgan fingerprint density at radius 1 is 1.37 bits per heavy atom. The van der Waals surface area contributed by atoms with Crippen LogP contribution in [0.3, 0.4) is 0 Å². The lowest BCUT2D eigenvalue weighted by Crippen LogP contribution is -2.06. The summed E-state index contributed by atoms with van der Waals surface area (Å²) in [6.45, 7) is 1.85. The van der Waals surface area contributed by atoms with Crippen LogP contribution in [0.15, 0.2) is 36.7 Å². The molecule has 1 heterocycles. The van der Waals surface area contributed by atoms with Gasteiger partial charge in [0.1, 0.15) is 0 Å². The van der Waals surface area contributed by atoms with Gasteiger partial charge in [0.25, 0.3) is 0 Å². The Kier molecular flexibility index (Phi) is 3.90. The molecule has 19 heavy (non-hydrogen) atoms. The number of carbonyl (C=O) groups excluding carboxylic acids is 1. The maximum absolute atomic E-state index is 13.5. The molecule has 0 atom stereocenters. The van der Waals surface area contributed by atoms with E-state index in [2.05, 4.69) is 4.98 Å². The fraction of sp³-hybridized carbons (Fsp3) is 0.200. The Hall–Kier alpha value is -2.23. The van der Waals surface area contributed by atoms with Crippen LogP contribution in [0.25, 0.3) is 0 Å². The van der Waals surface area contributed by atoms with E-state index in [0.717, 1.165) is 5.56 Å². The first-order valence-corrected chi connectivity index (χ1v) is 5.88. The molecule has 2 aromatic rings. The Labute approximate surface area is 111 Å². The van der Waals surface area contributed by atoms with Crippen LogP contribution < -0.4 is 4.74 Å². The second kappa shape index (κ2) is 5.61. The van der Waals surface area contributed by atoms with Gasteiger partial charge in [-0.05, 0) is 36.2 Å². The van der Waals surface area contributed by atoms with Crippen molar-refractivity contribution in [2.45, 2.75) is 13.3 Å². The van der Waals surface area contributed by atoms with Crippen LogP contribution in [-0.4, -0.2) is 17.9 Å². The Balaban J connectivity index is 2.20. The predicted molar refractivity (Wildman–Crippen MR) is 70.0 cm³/mol. The molecule has 0 saturated heterocycles. The van der Waals surface area contributed by atoms with E-state index in [1.54, 1.807) is 18.3 Å². The lowest BCUT2D eigenvalue weighted by Gasteiger charge is -2.06. The summed E-state index contributed by atoms with van der Waals surface area (Å²) >= 11 is 0. The molecule has 0 aliphatic carbocycles. The van der Waals surface area contributed by atoms with Gasteiger partial charge in [0.2, 0.25) is 0 Å². The molecule has 0 aliphatic heterocycles. The number of aromatic nitrogens is 1. The van der Waals surface area contributed by atoms with Gasteiger partial charge in [-0.15, -0.1) is 0 Å². The molecule has 1 aromatic heterocycles. The topological polar surface area (TPSA) is 39.2 Å². The van der Waals surface area contributed by atoms with Crippen molar-refractivity contribution in [3.63, 3.8) is 0 Å². The summed E-state index contributed by atoms with van der Waals surface area (Å²) in [5.41, 5.74) is 2.05. The van der Waals surface area contributed by atoms with E-state index in [9.17, 15) is 9.18 Å². The lowest BCUT2D eigenvalue weighted by molar-refractivity contribution is 0.0992. The zero-order valence-electron chi connectivity index (χ0n) is 10.8. The minimum atomic E-state index is -0.462. The van der Waals surface area contributed by atoms with Crippen LogP contribution in [0.4, 0.5) is 4.39 Å². The molecule has 0 unspecified atom stereocenters. The highest BCUT2D eigenvalue weighted by Crippen LogP contribution is 2.19. The minimum Gasteiger partial charge on any atom is -0.494 e. The first-order valence-electron chi connectivity index (χ1n) is 5.88. The van der Waals surface area contributed by atoms with Gasteiger partial charge in [-0.1, -0.05) is 6.07 Å². The van der Waals surface area contributed by atoms with Gasteiger partial charge in [-0.25, -0.2) is 4.39 Å². The fourth-order valence-electron chi connectivity index (χ4n) is 1.86. The predicted octanol–water partition coefficient (Wildman–Crippen LogP) is 2.96. The summed E-state index contributed by atoms with van der Waals surface area (Å²) in [5, 5.41) is 0. The third-order valence-corrected chi connectivity index (χ3v) is 2.92. The maximum atomic E-state index is 13.5. The monoisotopic (exact) mass is 259 g/mol. The van der Waals surface area contributed by atoms with Gasteiger partial charge in [0.15, 0.2) is 17.3 Å². The van der Waals surface area contributed by atoms with Crippen LogP contribution in [0, 0.1) is 12.7 Å². The van der Waals surface area contributed by atoms with Gasteiger partial charge >= 0.3 is 0 Å². The van der Waals surface area contributed by atoms with E-state index in [1.165, 1.54) is 25.4 Å². The molecule has 0 fully saturated rings. The number of carbonyl (C=O) groups is 1. The zero-order chi connectivity index (χ0) is 13.8. The maximum Gasteiger partial charge on any atom is 0.169 e. The van der Waals surface area contributed by atoms with Crippen LogP contribution in [0.1, 0.15) is 21.5 Å². The average molecular weight is 259 g/mol. The molecule has 4 heteroatoms. The summed E-state index contributed by atoms with van der Waals surface area (Å²) in [6.07, 6.45) is 3.32. The first kappa shape index (κ1) is 13.2. The van der Waals surface area contributed by atoms with E-state index < -0.39 is 5.82 Å². The Morgan fingerprint density at radius 2 is 2.16 bits per heavy atom. The standard InChI is InChI=1S/C15H14FNO2/c1-10-5-6-17-9-12(10)14(18)8-11-3-4-15(19-2)13(16)7-11/h3-7,9H,8H2,1-2H3. The number of ether oxygens (including phenoxy) is 1. The van der Waals surface area contributed by atoms with Crippen molar-refractivity contribution < 1.29 is 13.9 Å². The molecule has 0 aliphatic rings. The molecule has 0 N–H and O–H groups in total. The van der Waals surface area contributed by atoms with E-state index in [0.29, 0.717) is 11.1 Å². The summed E-state index contributed by atoms with van der Waals surface area (Å²) in [7, 11) is 1.40. The molecule has 0 radical (unpaired) electrons. The Bertz CT molecular complexity index is 611. The molecule has 98 valence electrons. The van der Waals surface area contributed by atoms with Crippen molar-refractivity contribution in [1.29, 1.82) is 0 Å². The van der Waals surface area contributed by atoms with Gasteiger partial charge in [0, 0.05) is 24.4 Å². The third-order valence-electron chi connectivity index (χ3n) is 2.92. The lowest BCUT2D eigenvalue weighted by atomic mass is 10.0. The van der Waals surface area contributed by atoms with E-state index in [1.807, 2.05) is 6.92 Å². The highest BCUT2D eigenvalue weighted by atomic mass is 19.1. The quantitative estimate of drug-likeness (QED) is 0.792. The Morgan fingerprint density at radius 3 is 2.79 bits per heavy atom. The molecular formula is C15H14FNO2. The average Bonchev–Trinajstić information content (AvgIpc) is 2.39. The summed E-state index contributed by atoms with van der Waals surface area (Å²) in [6, 6.07) is 6.31. The molecule has 1 aromatic carbocycles. The number of aryl methyl sites for hydroxylation is 1. The van der Waals surface area contributed by atoms with Crippen LogP contribution in [0.5, 0.6) is 5.75 Å². The third kappa shape index (κ3) is 2.96. The number of ketones is 1. The summed E-state index contributed by atoms with van der Waals surface area (Å²) in [5.74, 6) is -0.361. The molecule has 0 bridgehead atoms. The molecule has 0 spiro atoms. The van der Waals surface area contributed by atoms with Crippen molar-refractivity contribution in [1.82, 2.24) is 4.98 Å². The highest BCUT2D eigenvalue weighted by Gasteiger charge is 2.11. The van der Waals surface area contributed by atoms with E-state index in [4.69, 9.17) is 4.74 Å². The number of rotatable bonds is 4. The number of Topliss-reactive ketones (excluding diaryl/α,β-unsaturated/α-hetero) is 1. The molecule has 2 rings (SSSR count). The SMILES string of the molecule is COc1ccc(CC(=O)c2cnccc2C)cc1F. The van der Waals surface area contributed by atoms with Crippen LogP contribution in [-0.2, 0) is 6.42 Å². The van der Waals surface area contributed by atoms with Crippen molar-refractivity contribution in [3.8, 4) is 5.75 Å². The summed E-state index contributed by atoms with van der Waals surface area (Å²) in [4.78, 5) is 16.0. The number of halogens is 1. The van der Waals surface area contributed by atoms with Crippen molar-refractivity contribution in [3.05, 3.63) is 59.2 Å². The van der Waals surface area contributed by atoms with E-state index >= 15 is 0 Å². The van der Waals surface area contributed by atoms with Crippen molar-refractivity contribution >= 4 is 5.78 Å². The van der Waals surface area contributed by atoms with E-state index in [-0.39, 0.29) is 18.0 Å². The normalized spacial score (nSPS) is 10.3. The smallest absolute Gasteiger partial charge is 0.169 e. The van der Waals surface area contributed by atoms with Crippen LogP contribution in [0.2, 0.25) is 0 Å². The molecule has 0 amide bonds. The van der Waals surface area contributed by atoms with Gasteiger partial charge in [-0.2, -0.15) is 0 Å². The number of pyridine rings is 1. The van der Waals surface area contributed by atoms with Gasteiger partial charge < -0.3 is 4.74 Å².